The van der Waals surface area contributed by atoms with Crippen LogP contribution in [-0.4, -0.2) is 56.4 Å². The molecule has 2 aromatic rings. The third kappa shape index (κ3) is 2.42. The molecule has 106 valence electrons. The van der Waals surface area contributed by atoms with E-state index in [9.17, 15) is 9.59 Å². The minimum Gasteiger partial charge on any atom is -0.480 e. The monoisotopic (exact) mass is 296 g/mol. The highest BCUT2D eigenvalue weighted by molar-refractivity contribution is 7.14. The Morgan fingerprint density at radius 2 is 2.45 bits per heavy atom. The van der Waals surface area contributed by atoms with E-state index >= 15 is 0 Å². The van der Waals surface area contributed by atoms with E-state index in [4.69, 9.17) is 9.84 Å². The first-order chi connectivity index (χ1) is 9.65. The van der Waals surface area contributed by atoms with Gasteiger partial charge < -0.3 is 9.84 Å². The van der Waals surface area contributed by atoms with Gasteiger partial charge >= 0.3 is 5.97 Å². The van der Waals surface area contributed by atoms with Crippen LogP contribution in [0.4, 0.5) is 0 Å². The Kier molecular flexibility index (Phi) is 3.47. The van der Waals surface area contributed by atoms with E-state index in [0.29, 0.717) is 30.4 Å². The summed E-state index contributed by atoms with van der Waals surface area (Å²) in [4.78, 5) is 29.6. The summed E-state index contributed by atoms with van der Waals surface area (Å²) in [5.41, 5.74) is 1.83. The molecule has 0 aromatic carbocycles. The smallest absolute Gasteiger partial charge is 0.323 e. The Morgan fingerprint density at radius 3 is 3.25 bits per heavy atom. The molecule has 0 spiro atoms. The molecule has 3 rings (SSSR count). The highest BCUT2D eigenvalue weighted by Crippen LogP contribution is 2.12. The highest BCUT2D eigenvalue weighted by atomic mass is 32.1. The second-order valence-corrected chi connectivity index (χ2v) is 5.23. The van der Waals surface area contributed by atoms with Crippen LogP contribution in [0, 0.1) is 0 Å². The minimum atomic E-state index is -0.930. The summed E-state index contributed by atoms with van der Waals surface area (Å²) < 4.78 is 6.40. The Labute approximate surface area is 117 Å². The van der Waals surface area contributed by atoms with Crippen molar-refractivity contribution in [2.45, 2.75) is 12.6 Å². The Bertz CT molecular complexity index is 697. The maximum absolute atomic E-state index is 11.8. The zero-order valence-corrected chi connectivity index (χ0v) is 11.2. The average Bonchev–Trinajstić information content (AvgIpc) is 2.88. The maximum atomic E-state index is 11.8. The third-order valence-electron chi connectivity index (χ3n) is 3.13. The van der Waals surface area contributed by atoms with Gasteiger partial charge in [0, 0.05) is 19.2 Å². The molecule has 0 amide bonds. The lowest BCUT2D eigenvalue weighted by atomic mass is 10.2. The number of hydrogen-bond donors (Lipinski definition) is 1. The first kappa shape index (κ1) is 13.2. The van der Waals surface area contributed by atoms with Crippen molar-refractivity contribution in [1.82, 2.24) is 19.5 Å². The standard InChI is InChI=1S/C11H12N4O4S/c16-9-3-7(13-11-15(9)12-6-20-11)4-14-1-2-19-5-8(14)10(17)18/h3,6,8H,1-2,4-5H2,(H,17,18). The van der Waals surface area contributed by atoms with Crippen LogP contribution in [-0.2, 0) is 16.1 Å². The molecule has 0 saturated carbocycles. The summed E-state index contributed by atoms with van der Waals surface area (Å²) in [5, 5.41) is 13.0. The normalized spacial score (nSPS) is 20.3. The maximum Gasteiger partial charge on any atom is 0.323 e. The van der Waals surface area contributed by atoms with Crippen LogP contribution in [0.25, 0.3) is 4.96 Å². The molecule has 1 aliphatic rings. The van der Waals surface area contributed by atoms with Gasteiger partial charge in [0.2, 0.25) is 4.96 Å². The van der Waals surface area contributed by atoms with E-state index in [1.807, 2.05) is 0 Å². The summed E-state index contributed by atoms with van der Waals surface area (Å²) >= 11 is 1.27. The number of carboxylic acid groups (broad SMARTS) is 1. The number of fused-ring (bicyclic) bond motifs is 1. The van der Waals surface area contributed by atoms with E-state index in [1.165, 1.54) is 21.9 Å². The van der Waals surface area contributed by atoms with Crippen molar-refractivity contribution in [3.8, 4) is 0 Å². The van der Waals surface area contributed by atoms with Crippen molar-refractivity contribution in [2.75, 3.05) is 19.8 Å². The van der Waals surface area contributed by atoms with Gasteiger partial charge in [0.05, 0.1) is 18.9 Å². The molecular weight excluding hydrogens is 284 g/mol. The Balaban J connectivity index is 1.87. The third-order valence-corrected chi connectivity index (χ3v) is 3.80. The minimum absolute atomic E-state index is 0.150. The van der Waals surface area contributed by atoms with Crippen molar-refractivity contribution in [3.63, 3.8) is 0 Å². The topological polar surface area (TPSA) is 97.0 Å². The molecule has 1 aliphatic heterocycles. The number of rotatable bonds is 3. The molecule has 8 nitrogen and oxygen atoms in total. The molecule has 0 aliphatic carbocycles. The second-order valence-electron chi connectivity index (χ2n) is 4.42. The van der Waals surface area contributed by atoms with Gasteiger partial charge in [0.15, 0.2) is 0 Å². The summed E-state index contributed by atoms with van der Waals surface area (Å²) in [6.07, 6.45) is 0. The fourth-order valence-electron chi connectivity index (χ4n) is 2.14. The van der Waals surface area contributed by atoms with Crippen LogP contribution in [0.3, 0.4) is 0 Å². The molecule has 2 aromatic heterocycles. The zero-order chi connectivity index (χ0) is 14.1. The molecule has 0 bridgehead atoms. The van der Waals surface area contributed by atoms with Gasteiger partial charge in [0.25, 0.3) is 5.56 Å². The van der Waals surface area contributed by atoms with Crippen molar-refractivity contribution in [2.24, 2.45) is 0 Å². The molecule has 1 N–H and O–H groups in total. The Morgan fingerprint density at radius 1 is 1.60 bits per heavy atom. The van der Waals surface area contributed by atoms with Crippen molar-refractivity contribution in [3.05, 3.63) is 27.6 Å². The lowest BCUT2D eigenvalue weighted by Crippen LogP contribution is -2.49. The lowest BCUT2D eigenvalue weighted by Gasteiger charge is -2.32. The molecule has 0 radical (unpaired) electrons. The summed E-state index contributed by atoms with van der Waals surface area (Å²) in [5.74, 6) is -0.930. The zero-order valence-electron chi connectivity index (χ0n) is 10.4. The van der Waals surface area contributed by atoms with Crippen LogP contribution >= 0.6 is 11.3 Å². The molecular formula is C11H12N4O4S. The molecule has 20 heavy (non-hydrogen) atoms. The fraction of sp³-hybridized carbons (Fsp3) is 0.455. The van der Waals surface area contributed by atoms with E-state index in [1.54, 1.807) is 10.4 Å². The van der Waals surface area contributed by atoms with E-state index < -0.39 is 12.0 Å². The van der Waals surface area contributed by atoms with E-state index in [-0.39, 0.29) is 12.2 Å². The SMILES string of the molecule is O=C(O)C1COCCN1Cc1cc(=O)n2ncsc2n1. The predicted molar refractivity (Wildman–Crippen MR) is 69.8 cm³/mol. The summed E-state index contributed by atoms with van der Waals surface area (Å²) in [6, 6.07) is 0.687. The lowest BCUT2D eigenvalue weighted by molar-refractivity contribution is -0.150. The summed E-state index contributed by atoms with van der Waals surface area (Å²) in [6.45, 7) is 1.44. The first-order valence-electron chi connectivity index (χ1n) is 6.02. The van der Waals surface area contributed by atoms with Crippen LogP contribution in [0.5, 0.6) is 0 Å². The van der Waals surface area contributed by atoms with Gasteiger partial charge in [-0.15, -0.1) is 0 Å². The molecule has 1 atom stereocenters. The van der Waals surface area contributed by atoms with Crippen molar-refractivity contribution >= 4 is 22.3 Å². The predicted octanol–water partition coefficient (Wildman–Crippen LogP) is -0.564. The van der Waals surface area contributed by atoms with Crippen LogP contribution in [0.1, 0.15) is 5.69 Å². The van der Waals surface area contributed by atoms with Crippen LogP contribution in [0.2, 0.25) is 0 Å². The number of carbonyl (C=O) groups is 1. The molecule has 1 unspecified atom stereocenters. The molecule has 1 saturated heterocycles. The molecule has 9 heteroatoms. The number of aromatic nitrogens is 3. The van der Waals surface area contributed by atoms with Gasteiger partial charge in [-0.25, -0.2) is 4.98 Å². The summed E-state index contributed by atoms with van der Waals surface area (Å²) in [7, 11) is 0. The largest absolute Gasteiger partial charge is 0.480 e. The van der Waals surface area contributed by atoms with E-state index in [2.05, 4.69) is 10.1 Å². The molecule has 3 heterocycles. The number of carboxylic acids is 1. The van der Waals surface area contributed by atoms with Gasteiger partial charge in [-0.05, 0) is 0 Å². The highest BCUT2D eigenvalue weighted by Gasteiger charge is 2.29. The Hall–Kier alpha value is -1.84. The number of aliphatic carboxylic acids is 1. The van der Waals surface area contributed by atoms with Crippen molar-refractivity contribution < 1.29 is 14.6 Å². The van der Waals surface area contributed by atoms with Gasteiger partial charge in [-0.2, -0.15) is 9.61 Å². The average molecular weight is 296 g/mol. The van der Waals surface area contributed by atoms with E-state index in [0.717, 1.165) is 0 Å². The second kappa shape index (κ2) is 5.27. The molecule has 1 fully saturated rings. The number of ether oxygens (including phenoxy) is 1. The quantitative estimate of drug-likeness (QED) is 0.810. The van der Waals surface area contributed by atoms with Gasteiger partial charge in [-0.3, -0.25) is 14.5 Å². The first-order valence-corrected chi connectivity index (χ1v) is 6.90. The fourth-order valence-corrected chi connectivity index (χ4v) is 2.79. The van der Waals surface area contributed by atoms with Crippen LogP contribution in [0.15, 0.2) is 16.4 Å². The number of nitrogens with zero attached hydrogens (tertiary/aromatic N) is 4. The van der Waals surface area contributed by atoms with Crippen molar-refractivity contribution in [1.29, 1.82) is 0 Å². The van der Waals surface area contributed by atoms with Gasteiger partial charge in [0.1, 0.15) is 11.6 Å². The number of hydrogen-bond acceptors (Lipinski definition) is 7. The number of morpholine rings is 1. The van der Waals surface area contributed by atoms with Crippen LogP contribution < -0.4 is 5.56 Å². The van der Waals surface area contributed by atoms with Gasteiger partial charge in [-0.1, -0.05) is 11.3 Å².